The molecular formula is C9H14N2O2S. The van der Waals surface area contributed by atoms with Gasteiger partial charge in [0.05, 0.1) is 19.2 Å². The van der Waals surface area contributed by atoms with Crippen LogP contribution in [0.25, 0.3) is 0 Å². The second kappa shape index (κ2) is 4.41. The minimum absolute atomic E-state index is 0.247. The summed E-state index contributed by atoms with van der Waals surface area (Å²) in [5, 5.41) is 0.918. The monoisotopic (exact) mass is 214 g/mol. The molecule has 0 fully saturated rings. The number of aromatic nitrogens is 1. The van der Waals surface area contributed by atoms with Crippen molar-refractivity contribution in [2.45, 2.75) is 13.3 Å². The third kappa shape index (κ3) is 2.45. The van der Waals surface area contributed by atoms with E-state index in [1.165, 1.54) is 7.11 Å². The van der Waals surface area contributed by atoms with Crippen LogP contribution in [0.2, 0.25) is 0 Å². The third-order valence-corrected chi connectivity index (χ3v) is 2.98. The van der Waals surface area contributed by atoms with Crippen LogP contribution in [-0.4, -0.2) is 32.2 Å². The van der Waals surface area contributed by atoms with Gasteiger partial charge in [-0.15, -0.1) is 11.3 Å². The highest BCUT2D eigenvalue weighted by atomic mass is 32.1. The van der Waals surface area contributed by atoms with E-state index in [4.69, 9.17) is 0 Å². The second-order valence-corrected chi connectivity index (χ2v) is 4.33. The largest absolute Gasteiger partial charge is 0.469 e. The number of hydrogen-bond donors (Lipinski definition) is 0. The number of thiazole rings is 1. The predicted octanol–water partition coefficient (Wildman–Crippen LogP) is 1.23. The van der Waals surface area contributed by atoms with Gasteiger partial charge in [0, 0.05) is 19.0 Å². The maximum atomic E-state index is 11.0. The number of methoxy groups -OCH3 is 1. The Bertz CT molecular complexity index is 334. The predicted molar refractivity (Wildman–Crippen MR) is 56.9 cm³/mol. The molecule has 14 heavy (non-hydrogen) atoms. The summed E-state index contributed by atoms with van der Waals surface area (Å²) < 4.78 is 4.59. The van der Waals surface area contributed by atoms with E-state index in [-0.39, 0.29) is 12.4 Å². The Labute approximate surface area is 87.5 Å². The second-order valence-electron chi connectivity index (χ2n) is 3.15. The molecule has 0 aliphatic heterocycles. The SMILES string of the molecule is COC(=O)Cc1nc(N(C)C)sc1C. The Hall–Kier alpha value is -1.10. The molecule has 0 bridgehead atoms. The molecule has 0 saturated heterocycles. The highest BCUT2D eigenvalue weighted by Gasteiger charge is 2.12. The van der Waals surface area contributed by atoms with Crippen LogP contribution >= 0.6 is 11.3 Å². The maximum absolute atomic E-state index is 11.0. The van der Waals surface area contributed by atoms with Crippen LogP contribution in [0.1, 0.15) is 10.6 Å². The van der Waals surface area contributed by atoms with Crippen LogP contribution in [0.3, 0.4) is 0 Å². The van der Waals surface area contributed by atoms with Crippen molar-refractivity contribution in [1.82, 2.24) is 4.98 Å². The van der Waals surface area contributed by atoms with Crippen molar-refractivity contribution in [3.8, 4) is 0 Å². The Kier molecular flexibility index (Phi) is 3.46. The summed E-state index contributed by atoms with van der Waals surface area (Å²) in [6.45, 7) is 1.96. The highest BCUT2D eigenvalue weighted by molar-refractivity contribution is 7.15. The van der Waals surface area contributed by atoms with Crippen LogP contribution in [0.4, 0.5) is 5.13 Å². The van der Waals surface area contributed by atoms with Gasteiger partial charge in [-0.3, -0.25) is 4.79 Å². The van der Waals surface area contributed by atoms with E-state index in [9.17, 15) is 4.79 Å². The van der Waals surface area contributed by atoms with E-state index >= 15 is 0 Å². The number of aryl methyl sites for hydroxylation is 1. The molecule has 4 nitrogen and oxygen atoms in total. The number of hydrogen-bond acceptors (Lipinski definition) is 5. The van der Waals surface area contributed by atoms with E-state index in [0.29, 0.717) is 0 Å². The summed E-state index contributed by atoms with van der Waals surface area (Å²) in [4.78, 5) is 18.4. The van der Waals surface area contributed by atoms with Crippen molar-refractivity contribution >= 4 is 22.4 Å². The number of rotatable bonds is 3. The number of carbonyl (C=O) groups is 1. The average molecular weight is 214 g/mol. The minimum atomic E-state index is -0.247. The Morgan fingerprint density at radius 2 is 2.21 bits per heavy atom. The Morgan fingerprint density at radius 1 is 1.57 bits per heavy atom. The van der Waals surface area contributed by atoms with Crippen molar-refractivity contribution in [2.24, 2.45) is 0 Å². The molecule has 0 N–H and O–H groups in total. The lowest BCUT2D eigenvalue weighted by molar-refractivity contribution is -0.139. The first-order chi connectivity index (χ1) is 6.54. The molecule has 5 heteroatoms. The Balaban J connectivity index is 2.82. The van der Waals surface area contributed by atoms with E-state index in [1.807, 2.05) is 25.9 Å². The van der Waals surface area contributed by atoms with Crippen molar-refractivity contribution in [1.29, 1.82) is 0 Å². The minimum Gasteiger partial charge on any atom is -0.469 e. The van der Waals surface area contributed by atoms with Crippen molar-refractivity contribution in [3.63, 3.8) is 0 Å². The summed E-state index contributed by atoms with van der Waals surface area (Å²) in [6, 6.07) is 0. The summed E-state index contributed by atoms with van der Waals surface area (Å²) >= 11 is 1.58. The lowest BCUT2D eigenvalue weighted by Crippen LogP contribution is -2.09. The molecule has 0 saturated carbocycles. The molecule has 78 valence electrons. The van der Waals surface area contributed by atoms with Gasteiger partial charge in [0.1, 0.15) is 0 Å². The lowest BCUT2D eigenvalue weighted by atomic mass is 10.3. The normalized spacial score (nSPS) is 10.0. The molecule has 0 aliphatic rings. The summed E-state index contributed by atoms with van der Waals surface area (Å²) in [6.07, 6.45) is 0.257. The van der Waals surface area contributed by atoms with Gasteiger partial charge in [-0.1, -0.05) is 0 Å². The van der Waals surface area contributed by atoms with Crippen molar-refractivity contribution < 1.29 is 9.53 Å². The zero-order chi connectivity index (χ0) is 10.7. The molecule has 0 aromatic carbocycles. The molecule has 0 unspecified atom stereocenters. The fraction of sp³-hybridized carbons (Fsp3) is 0.556. The van der Waals surface area contributed by atoms with Gasteiger partial charge in [0.25, 0.3) is 0 Å². The smallest absolute Gasteiger partial charge is 0.311 e. The number of carbonyl (C=O) groups excluding carboxylic acids is 1. The van der Waals surface area contributed by atoms with E-state index < -0.39 is 0 Å². The standard InChI is InChI=1S/C9H14N2O2S/c1-6-7(5-8(12)13-4)10-9(14-6)11(2)3/h5H2,1-4H3. The fourth-order valence-corrected chi connectivity index (χ4v) is 1.82. The summed E-state index contributed by atoms with van der Waals surface area (Å²) in [5.41, 5.74) is 0.811. The van der Waals surface area contributed by atoms with Crippen LogP contribution in [0.5, 0.6) is 0 Å². The van der Waals surface area contributed by atoms with Gasteiger partial charge >= 0.3 is 5.97 Å². The summed E-state index contributed by atoms with van der Waals surface area (Å²) in [5.74, 6) is -0.247. The molecule has 0 spiro atoms. The number of esters is 1. The zero-order valence-electron chi connectivity index (χ0n) is 8.83. The zero-order valence-corrected chi connectivity index (χ0v) is 9.64. The molecule has 1 rings (SSSR count). The molecule has 0 radical (unpaired) electrons. The Morgan fingerprint density at radius 3 is 2.64 bits per heavy atom. The van der Waals surface area contributed by atoms with Crippen molar-refractivity contribution in [3.05, 3.63) is 10.6 Å². The molecule has 1 aromatic heterocycles. The third-order valence-electron chi connectivity index (χ3n) is 1.80. The van der Waals surface area contributed by atoms with Gasteiger partial charge in [-0.25, -0.2) is 4.98 Å². The molecule has 0 aliphatic carbocycles. The van der Waals surface area contributed by atoms with Gasteiger partial charge in [-0.05, 0) is 6.92 Å². The number of ether oxygens (including phenoxy) is 1. The first-order valence-corrected chi connectivity index (χ1v) is 5.06. The fourth-order valence-electron chi connectivity index (χ4n) is 0.977. The summed E-state index contributed by atoms with van der Waals surface area (Å²) in [7, 11) is 5.25. The van der Waals surface area contributed by atoms with Gasteiger partial charge < -0.3 is 9.64 Å². The van der Waals surface area contributed by atoms with Crippen molar-refractivity contribution in [2.75, 3.05) is 26.1 Å². The van der Waals surface area contributed by atoms with Crippen LogP contribution < -0.4 is 4.90 Å². The number of anilines is 1. The van der Waals surface area contributed by atoms with Crippen LogP contribution in [-0.2, 0) is 16.0 Å². The van der Waals surface area contributed by atoms with E-state index in [2.05, 4.69) is 9.72 Å². The molecule has 0 atom stereocenters. The van der Waals surface area contributed by atoms with Gasteiger partial charge in [0.2, 0.25) is 0 Å². The first-order valence-electron chi connectivity index (χ1n) is 4.25. The average Bonchev–Trinajstić information content (AvgIpc) is 2.48. The van der Waals surface area contributed by atoms with Gasteiger partial charge in [0.15, 0.2) is 5.13 Å². The lowest BCUT2D eigenvalue weighted by Gasteiger charge is -2.05. The molecule has 1 heterocycles. The van der Waals surface area contributed by atoms with Crippen LogP contribution in [0.15, 0.2) is 0 Å². The molecule has 1 aromatic rings. The van der Waals surface area contributed by atoms with Crippen LogP contribution in [0, 0.1) is 6.92 Å². The molecular weight excluding hydrogens is 200 g/mol. The van der Waals surface area contributed by atoms with E-state index in [0.717, 1.165) is 15.7 Å². The maximum Gasteiger partial charge on any atom is 0.311 e. The van der Waals surface area contributed by atoms with Gasteiger partial charge in [-0.2, -0.15) is 0 Å². The molecule has 0 amide bonds. The topological polar surface area (TPSA) is 42.4 Å². The first kappa shape index (κ1) is 11.0. The quantitative estimate of drug-likeness (QED) is 0.710. The van der Waals surface area contributed by atoms with E-state index in [1.54, 1.807) is 11.3 Å². The number of nitrogens with zero attached hydrogens (tertiary/aromatic N) is 2. The highest BCUT2D eigenvalue weighted by Crippen LogP contribution is 2.24.